The first-order valence-electron chi connectivity index (χ1n) is 4.25. The van der Waals surface area contributed by atoms with E-state index in [0.717, 1.165) is 11.5 Å². The molecule has 0 spiro atoms. The molecule has 2 rings (SSSR count). The van der Waals surface area contributed by atoms with E-state index in [1.54, 1.807) is 4.68 Å². The zero-order valence-electron chi connectivity index (χ0n) is 7.80. The van der Waals surface area contributed by atoms with Gasteiger partial charge < -0.3 is 5.32 Å². The first kappa shape index (κ1) is 8.82. The molecule has 0 aliphatic carbocycles. The summed E-state index contributed by atoms with van der Waals surface area (Å²) < 4.78 is 1.67. The summed E-state index contributed by atoms with van der Waals surface area (Å²) in [5.41, 5.74) is 0.909. The van der Waals surface area contributed by atoms with Crippen LogP contribution in [0.4, 0.5) is 0 Å². The van der Waals surface area contributed by atoms with Crippen LogP contribution in [0.2, 0.25) is 0 Å². The highest BCUT2D eigenvalue weighted by atomic mass is 15.4. The van der Waals surface area contributed by atoms with E-state index in [9.17, 15) is 0 Å². The Morgan fingerprint density at radius 2 is 2.43 bits per heavy atom. The number of hydrogen-bond acceptors (Lipinski definition) is 5. The highest BCUT2D eigenvalue weighted by Gasteiger charge is 1.98. The van der Waals surface area contributed by atoms with Gasteiger partial charge in [0, 0.05) is 19.8 Å². The SMILES string of the molecule is Cn1cc(CNCc2ncn[nH]2)nn1. The van der Waals surface area contributed by atoms with Crippen molar-refractivity contribution >= 4 is 0 Å². The lowest BCUT2D eigenvalue weighted by Crippen LogP contribution is -2.14. The molecule has 7 heteroatoms. The summed E-state index contributed by atoms with van der Waals surface area (Å²) in [7, 11) is 1.84. The van der Waals surface area contributed by atoms with Crippen molar-refractivity contribution in [2.45, 2.75) is 13.1 Å². The van der Waals surface area contributed by atoms with E-state index in [1.165, 1.54) is 6.33 Å². The van der Waals surface area contributed by atoms with Crippen molar-refractivity contribution in [2.75, 3.05) is 0 Å². The van der Waals surface area contributed by atoms with Gasteiger partial charge in [0.2, 0.25) is 0 Å². The minimum atomic E-state index is 0.649. The van der Waals surface area contributed by atoms with Gasteiger partial charge in [-0.3, -0.25) is 9.78 Å². The molecule has 0 bridgehead atoms. The Morgan fingerprint density at radius 3 is 3.07 bits per heavy atom. The third-order valence-corrected chi connectivity index (χ3v) is 1.71. The Morgan fingerprint density at radius 1 is 1.50 bits per heavy atom. The Kier molecular flexibility index (Phi) is 2.50. The van der Waals surface area contributed by atoms with Gasteiger partial charge in [-0.25, -0.2) is 4.98 Å². The molecule has 2 aromatic rings. The molecule has 0 saturated carbocycles. The number of aromatic nitrogens is 6. The summed E-state index contributed by atoms with van der Waals surface area (Å²) in [6.07, 6.45) is 3.35. The van der Waals surface area contributed by atoms with Crippen molar-refractivity contribution in [3.8, 4) is 0 Å². The molecular weight excluding hydrogens is 182 g/mol. The van der Waals surface area contributed by atoms with Gasteiger partial charge in [0.05, 0.1) is 12.2 Å². The maximum Gasteiger partial charge on any atom is 0.138 e. The molecule has 2 N–H and O–H groups in total. The Hall–Kier alpha value is -1.76. The lowest BCUT2D eigenvalue weighted by Gasteiger charge is -1.97. The third kappa shape index (κ3) is 2.13. The fourth-order valence-corrected chi connectivity index (χ4v) is 1.10. The molecule has 0 atom stereocenters. The summed E-state index contributed by atoms with van der Waals surface area (Å²) in [6.45, 7) is 1.32. The van der Waals surface area contributed by atoms with E-state index >= 15 is 0 Å². The van der Waals surface area contributed by atoms with E-state index < -0.39 is 0 Å². The Bertz CT molecular complexity index is 376. The molecule has 0 saturated heterocycles. The van der Waals surface area contributed by atoms with E-state index in [4.69, 9.17) is 0 Å². The second-order valence-electron chi connectivity index (χ2n) is 2.92. The zero-order valence-corrected chi connectivity index (χ0v) is 7.80. The van der Waals surface area contributed by atoms with Gasteiger partial charge in [-0.2, -0.15) is 5.10 Å². The quantitative estimate of drug-likeness (QED) is 0.665. The van der Waals surface area contributed by atoms with Crippen LogP contribution in [0.1, 0.15) is 11.5 Å². The van der Waals surface area contributed by atoms with Crippen LogP contribution in [0.5, 0.6) is 0 Å². The maximum absolute atomic E-state index is 3.98. The third-order valence-electron chi connectivity index (χ3n) is 1.71. The number of aryl methyl sites for hydroxylation is 1. The van der Waals surface area contributed by atoms with Crippen molar-refractivity contribution in [2.24, 2.45) is 7.05 Å². The van der Waals surface area contributed by atoms with Gasteiger partial charge in [-0.05, 0) is 0 Å². The maximum atomic E-state index is 3.98. The van der Waals surface area contributed by atoms with Crippen molar-refractivity contribution < 1.29 is 0 Å². The highest BCUT2D eigenvalue weighted by Crippen LogP contribution is 1.91. The predicted molar refractivity (Wildman–Crippen MR) is 47.9 cm³/mol. The van der Waals surface area contributed by atoms with Crippen LogP contribution in [-0.2, 0) is 20.1 Å². The molecule has 0 aliphatic heterocycles. The number of hydrogen-bond donors (Lipinski definition) is 2. The van der Waals surface area contributed by atoms with E-state index in [-0.39, 0.29) is 0 Å². The second kappa shape index (κ2) is 3.97. The van der Waals surface area contributed by atoms with Crippen molar-refractivity contribution in [3.63, 3.8) is 0 Å². The van der Waals surface area contributed by atoms with Crippen molar-refractivity contribution in [1.29, 1.82) is 0 Å². The predicted octanol–water partition coefficient (Wildman–Crippen LogP) is -0.777. The largest absolute Gasteiger partial charge is 0.304 e. The van der Waals surface area contributed by atoms with Crippen LogP contribution in [0, 0.1) is 0 Å². The fraction of sp³-hybridized carbons (Fsp3) is 0.429. The van der Waals surface area contributed by atoms with Gasteiger partial charge >= 0.3 is 0 Å². The van der Waals surface area contributed by atoms with Crippen LogP contribution in [-0.4, -0.2) is 30.2 Å². The number of nitrogens with zero attached hydrogens (tertiary/aromatic N) is 5. The topological polar surface area (TPSA) is 84.3 Å². The molecule has 2 aromatic heterocycles. The summed E-state index contributed by atoms with van der Waals surface area (Å²) >= 11 is 0. The van der Waals surface area contributed by atoms with Gasteiger partial charge in [-0.15, -0.1) is 5.10 Å². The smallest absolute Gasteiger partial charge is 0.138 e. The molecule has 0 unspecified atom stereocenters. The minimum Gasteiger partial charge on any atom is -0.304 e. The number of aromatic amines is 1. The van der Waals surface area contributed by atoms with Crippen LogP contribution >= 0.6 is 0 Å². The summed E-state index contributed by atoms with van der Waals surface area (Å²) in [5.74, 6) is 0.814. The molecule has 7 nitrogen and oxygen atoms in total. The van der Waals surface area contributed by atoms with Gasteiger partial charge in [0.25, 0.3) is 0 Å². The molecule has 74 valence electrons. The molecule has 0 radical (unpaired) electrons. The van der Waals surface area contributed by atoms with Crippen LogP contribution in [0.3, 0.4) is 0 Å². The van der Waals surface area contributed by atoms with Crippen molar-refractivity contribution in [1.82, 2.24) is 35.5 Å². The molecule has 0 aromatic carbocycles. The highest BCUT2D eigenvalue weighted by molar-refractivity contribution is 4.91. The summed E-state index contributed by atoms with van der Waals surface area (Å²) in [5, 5.41) is 17.4. The lowest BCUT2D eigenvalue weighted by molar-refractivity contribution is 0.651. The summed E-state index contributed by atoms with van der Waals surface area (Å²) in [6, 6.07) is 0. The number of H-pyrrole nitrogens is 1. The van der Waals surface area contributed by atoms with Crippen LogP contribution in [0.25, 0.3) is 0 Å². The fourth-order valence-electron chi connectivity index (χ4n) is 1.10. The Balaban J connectivity index is 1.78. The Labute approximate surface area is 80.5 Å². The summed E-state index contributed by atoms with van der Waals surface area (Å²) in [4.78, 5) is 3.98. The van der Waals surface area contributed by atoms with E-state index in [1.807, 2.05) is 13.2 Å². The second-order valence-corrected chi connectivity index (χ2v) is 2.92. The van der Waals surface area contributed by atoms with Crippen LogP contribution < -0.4 is 5.32 Å². The molecular formula is C7H11N7. The van der Waals surface area contributed by atoms with Gasteiger partial charge in [0.1, 0.15) is 12.2 Å². The minimum absolute atomic E-state index is 0.649. The molecule has 2 heterocycles. The first-order valence-corrected chi connectivity index (χ1v) is 4.25. The number of nitrogens with one attached hydrogen (secondary N) is 2. The van der Waals surface area contributed by atoms with Crippen molar-refractivity contribution in [3.05, 3.63) is 24.0 Å². The van der Waals surface area contributed by atoms with E-state index in [0.29, 0.717) is 13.1 Å². The lowest BCUT2D eigenvalue weighted by atomic mass is 10.4. The first-order chi connectivity index (χ1) is 6.84. The molecule has 0 fully saturated rings. The molecule has 14 heavy (non-hydrogen) atoms. The normalized spacial score (nSPS) is 10.6. The molecule has 0 aliphatic rings. The standard InChI is InChI=1S/C7H11N7/c1-14-4-6(11-13-14)2-8-3-7-9-5-10-12-7/h4-5,8H,2-3H2,1H3,(H,9,10,12). The molecule has 0 amide bonds. The monoisotopic (exact) mass is 193 g/mol. The number of rotatable bonds is 4. The zero-order chi connectivity index (χ0) is 9.80. The van der Waals surface area contributed by atoms with Gasteiger partial charge in [-0.1, -0.05) is 5.21 Å². The average Bonchev–Trinajstić information content (AvgIpc) is 2.77. The van der Waals surface area contributed by atoms with E-state index in [2.05, 4.69) is 30.8 Å². The van der Waals surface area contributed by atoms with Gasteiger partial charge in [0.15, 0.2) is 0 Å². The van der Waals surface area contributed by atoms with Crippen LogP contribution in [0.15, 0.2) is 12.5 Å². The average molecular weight is 193 g/mol.